The lowest BCUT2D eigenvalue weighted by atomic mass is 10.1. The maximum Gasteiger partial charge on any atom is 0.0714 e. The zero-order valence-electron chi connectivity index (χ0n) is 12.4. The van der Waals surface area contributed by atoms with Gasteiger partial charge in [0.05, 0.1) is 11.4 Å². The number of nitrogens with one attached hydrogen (secondary N) is 2. The molecule has 2 aromatic rings. The van der Waals surface area contributed by atoms with E-state index in [4.69, 9.17) is 0 Å². The predicted octanol–water partition coefficient (Wildman–Crippen LogP) is 3.29. The van der Waals surface area contributed by atoms with Crippen molar-refractivity contribution in [3.63, 3.8) is 0 Å². The Balaban J connectivity index is 1.81. The summed E-state index contributed by atoms with van der Waals surface area (Å²) in [6.45, 7) is 9.26. The van der Waals surface area contributed by atoms with Crippen LogP contribution in [-0.4, -0.2) is 23.6 Å². The van der Waals surface area contributed by atoms with E-state index in [1.54, 1.807) is 11.3 Å². The zero-order chi connectivity index (χ0) is 14.4. The van der Waals surface area contributed by atoms with Crippen LogP contribution in [0.25, 0.3) is 11.3 Å². The summed E-state index contributed by atoms with van der Waals surface area (Å²) in [6, 6.07) is 8.31. The molecule has 4 heteroatoms. The minimum atomic E-state index is 0.179. The quantitative estimate of drug-likeness (QED) is 0.801. The molecule has 0 aromatic carbocycles. The van der Waals surface area contributed by atoms with Crippen molar-refractivity contribution in [2.24, 2.45) is 0 Å². The van der Waals surface area contributed by atoms with E-state index in [1.165, 1.54) is 5.56 Å². The zero-order valence-corrected chi connectivity index (χ0v) is 13.3. The van der Waals surface area contributed by atoms with Crippen molar-refractivity contribution < 1.29 is 0 Å². The van der Waals surface area contributed by atoms with Crippen molar-refractivity contribution in [3.8, 4) is 11.3 Å². The summed E-state index contributed by atoms with van der Waals surface area (Å²) in [5.41, 5.74) is 3.52. The molecule has 0 radical (unpaired) electrons. The standard InChI is InChI=1S/C16H23N3S/c1-16(2,3)18-9-8-17-11-14-5-4-6-15(19-14)13-7-10-20-12-13/h4-7,10,12,17-18H,8-9,11H2,1-3H3. The minimum Gasteiger partial charge on any atom is -0.311 e. The van der Waals surface area contributed by atoms with E-state index in [0.29, 0.717) is 0 Å². The second kappa shape index (κ2) is 6.97. The van der Waals surface area contributed by atoms with E-state index in [0.717, 1.165) is 31.0 Å². The highest BCUT2D eigenvalue weighted by molar-refractivity contribution is 7.08. The molecule has 2 aromatic heterocycles. The molecule has 0 aliphatic carbocycles. The Kier molecular flexibility index (Phi) is 5.29. The Morgan fingerprint density at radius 3 is 2.70 bits per heavy atom. The molecule has 0 aliphatic heterocycles. The first kappa shape index (κ1) is 15.2. The summed E-state index contributed by atoms with van der Waals surface area (Å²) in [5.74, 6) is 0. The average Bonchev–Trinajstić information content (AvgIpc) is 2.91. The van der Waals surface area contributed by atoms with Gasteiger partial charge in [-0.3, -0.25) is 4.98 Å². The number of thiophene rings is 1. The van der Waals surface area contributed by atoms with Gasteiger partial charge in [0.1, 0.15) is 0 Å². The van der Waals surface area contributed by atoms with Crippen LogP contribution in [0.15, 0.2) is 35.0 Å². The number of aromatic nitrogens is 1. The summed E-state index contributed by atoms with van der Waals surface area (Å²) in [7, 11) is 0. The third-order valence-electron chi connectivity index (χ3n) is 2.89. The normalized spacial score (nSPS) is 11.8. The molecule has 0 aliphatic rings. The number of rotatable bonds is 6. The van der Waals surface area contributed by atoms with Crippen LogP contribution in [0, 0.1) is 0 Å². The van der Waals surface area contributed by atoms with E-state index in [1.807, 2.05) is 0 Å². The fraction of sp³-hybridized carbons (Fsp3) is 0.438. The fourth-order valence-corrected chi connectivity index (χ4v) is 2.54. The molecule has 3 nitrogen and oxygen atoms in total. The number of hydrogen-bond acceptors (Lipinski definition) is 4. The summed E-state index contributed by atoms with van der Waals surface area (Å²) < 4.78 is 0. The smallest absolute Gasteiger partial charge is 0.0714 e. The first-order valence-electron chi connectivity index (χ1n) is 6.99. The molecule has 0 saturated heterocycles. The summed E-state index contributed by atoms with van der Waals surface area (Å²) >= 11 is 1.70. The largest absolute Gasteiger partial charge is 0.311 e. The molecule has 0 saturated carbocycles. The van der Waals surface area contributed by atoms with E-state index in [9.17, 15) is 0 Å². The topological polar surface area (TPSA) is 37.0 Å². The second-order valence-corrected chi connectivity index (χ2v) is 6.66. The fourth-order valence-electron chi connectivity index (χ4n) is 1.89. The van der Waals surface area contributed by atoms with Gasteiger partial charge in [0, 0.05) is 36.1 Å². The number of nitrogens with zero attached hydrogens (tertiary/aromatic N) is 1. The van der Waals surface area contributed by atoms with Gasteiger partial charge in [-0.15, -0.1) is 0 Å². The first-order valence-corrected chi connectivity index (χ1v) is 7.93. The van der Waals surface area contributed by atoms with Gasteiger partial charge < -0.3 is 10.6 Å². The lowest BCUT2D eigenvalue weighted by molar-refractivity contribution is 0.421. The van der Waals surface area contributed by atoms with E-state index >= 15 is 0 Å². The maximum atomic E-state index is 4.69. The van der Waals surface area contributed by atoms with Gasteiger partial charge in [0.2, 0.25) is 0 Å². The van der Waals surface area contributed by atoms with Gasteiger partial charge >= 0.3 is 0 Å². The van der Waals surface area contributed by atoms with Crippen LogP contribution in [0.2, 0.25) is 0 Å². The second-order valence-electron chi connectivity index (χ2n) is 5.88. The van der Waals surface area contributed by atoms with Gasteiger partial charge in [0.15, 0.2) is 0 Å². The molecular formula is C16H23N3S. The molecule has 2 N–H and O–H groups in total. The lowest BCUT2D eigenvalue weighted by Gasteiger charge is -2.20. The van der Waals surface area contributed by atoms with Crippen molar-refractivity contribution >= 4 is 11.3 Å². The summed E-state index contributed by atoms with van der Waals surface area (Å²) in [5, 5.41) is 11.1. The summed E-state index contributed by atoms with van der Waals surface area (Å²) in [6.07, 6.45) is 0. The van der Waals surface area contributed by atoms with Crippen molar-refractivity contribution in [3.05, 3.63) is 40.7 Å². The van der Waals surface area contributed by atoms with Crippen LogP contribution in [0.4, 0.5) is 0 Å². The Hall–Kier alpha value is -1.23. The van der Waals surface area contributed by atoms with Crippen LogP contribution in [0.1, 0.15) is 26.5 Å². The Morgan fingerprint density at radius 1 is 1.15 bits per heavy atom. The molecule has 0 unspecified atom stereocenters. The van der Waals surface area contributed by atoms with Crippen LogP contribution >= 0.6 is 11.3 Å². The van der Waals surface area contributed by atoms with Gasteiger partial charge in [-0.25, -0.2) is 0 Å². The van der Waals surface area contributed by atoms with Gasteiger partial charge in [0.25, 0.3) is 0 Å². The minimum absolute atomic E-state index is 0.179. The molecular weight excluding hydrogens is 266 g/mol. The third kappa shape index (κ3) is 5.04. The van der Waals surface area contributed by atoms with Crippen LogP contribution in [-0.2, 0) is 6.54 Å². The van der Waals surface area contributed by atoms with Crippen molar-refractivity contribution in [1.29, 1.82) is 0 Å². The number of pyridine rings is 1. The monoisotopic (exact) mass is 289 g/mol. The lowest BCUT2D eigenvalue weighted by Crippen LogP contribution is -2.40. The molecule has 20 heavy (non-hydrogen) atoms. The van der Waals surface area contributed by atoms with Crippen LogP contribution in [0.5, 0.6) is 0 Å². The molecule has 0 spiro atoms. The highest BCUT2D eigenvalue weighted by atomic mass is 32.1. The van der Waals surface area contributed by atoms with Crippen LogP contribution < -0.4 is 10.6 Å². The average molecular weight is 289 g/mol. The molecule has 2 rings (SSSR count). The summed E-state index contributed by atoms with van der Waals surface area (Å²) in [4.78, 5) is 4.69. The predicted molar refractivity (Wildman–Crippen MR) is 87.0 cm³/mol. The van der Waals surface area contributed by atoms with E-state index in [-0.39, 0.29) is 5.54 Å². The van der Waals surface area contributed by atoms with Gasteiger partial charge in [-0.1, -0.05) is 6.07 Å². The van der Waals surface area contributed by atoms with Crippen molar-refractivity contribution in [2.45, 2.75) is 32.9 Å². The van der Waals surface area contributed by atoms with Gasteiger partial charge in [-0.05, 0) is 44.4 Å². The Morgan fingerprint density at radius 2 is 2.00 bits per heavy atom. The molecule has 108 valence electrons. The molecule has 2 heterocycles. The number of hydrogen-bond donors (Lipinski definition) is 2. The highest BCUT2D eigenvalue weighted by Gasteiger charge is 2.07. The van der Waals surface area contributed by atoms with Crippen molar-refractivity contribution in [2.75, 3.05) is 13.1 Å². The SMILES string of the molecule is CC(C)(C)NCCNCc1cccc(-c2ccsc2)n1. The maximum absolute atomic E-state index is 4.69. The molecule has 0 amide bonds. The Bertz CT molecular complexity index is 515. The molecule has 0 atom stereocenters. The van der Waals surface area contributed by atoms with Crippen LogP contribution in [0.3, 0.4) is 0 Å². The molecule has 0 bridgehead atoms. The van der Waals surface area contributed by atoms with Gasteiger partial charge in [-0.2, -0.15) is 11.3 Å². The third-order valence-corrected chi connectivity index (χ3v) is 3.57. The molecule has 0 fully saturated rings. The highest BCUT2D eigenvalue weighted by Crippen LogP contribution is 2.19. The Labute approximate surface area is 125 Å². The van der Waals surface area contributed by atoms with E-state index in [2.05, 4.69) is 71.4 Å². The van der Waals surface area contributed by atoms with Crippen molar-refractivity contribution in [1.82, 2.24) is 15.6 Å². The van der Waals surface area contributed by atoms with E-state index < -0.39 is 0 Å². The first-order chi connectivity index (χ1) is 9.54.